The Labute approximate surface area is 151 Å². The van der Waals surface area contributed by atoms with Crippen molar-refractivity contribution in [3.8, 4) is 0 Å². The van der Waals surface area contributed by atoms with Crippen LogP contribution >= 0.6 is 0 Å². The molecule has 0 aromatic carbocycles. The fraction of sp³-hybridized carbons (Fsp3) is 1.00. The third-order valence-corrected chi connectivity index (χ3v) is 8.08. The molecule has 4 aliphatic rings. The largest absolute Gasteiger partial charge is 0.378 e. The van der Waals surface area contributed by atoms with Crippen molar-refractivity contribution in [2.24, 2.45) is 35.5 Å². The zero-order valence-electron chi connectivity index (χ0n) is 15.7. The van der Waals surface area contributed by atoms with Crippen LogP contribution in [0.2, 0.25) is 0 Å². The number of rotatable bonds is 2. The lowest BCUT2D eigenvalue weighted by molar-refractivity contribution is -0.196. The predicted molar refractivity (Wildman–Crippen MR) is 93.9 cm³/mol. The molecule has 3 aliphatic carbocycles. The first kappa shape index (κ1) is 18.2. The molecular weight excluding hydrogens is 322 g/mol. The molecule has 8 atom stereocenters. The second-order valence-electron chi connectivity index (χ2n) is 9.29. The minimum absolute atomic E-state index is 0.00866. The molecule has 1 aliphatic heterocycles. The maximum Gasteiger partial charge on any atom is 0.152 e. The molecule has 3 saturated carbocycles. The molecule has 4 rings (SSSR count). The van der Waals surface area contributed by atoms with E-state index in [1.54, 1.807) is 7.11 Å². The molecule has 0 amide bonds. The molecule has 8 unspecified atom stereocenters. The molecule has 144 valence electrons. The summed E-state index contributed by atoms with van der Waals surface area (Å²) in [6.45, 7) is 2.72. The average Bonchev–Trinajstić information content (AvgIpc) is 2.63. The number of halogens is 2. The van der Waals surface area contributed by atoms with Gasteiger partial charge < -0.3 is 9.47 Å². The van der Waals surface area contributed by atoms with Gasteiger partial charge in [0.05, 0.1) is 18.8 Å². The fourth-order valence-corrected chi connectivity index (χ4v) is 6.54. The summed E-state index contributed by atoms with van der Waals surface area (Å²) in [7, 11) is 1.58. The van der Waals surface area contributed by atoms with Crippen molar-refractivity contribution in [2.75, 3.05) is 13.7 Å². The molecule has 1 heterocycles. The number of methoxy groups -OCH3 is 1. The summed E-state index contributed by atoms with van der Waals surface area (Å²) in [6.07, 6.45) is 6.09. The normalized spacial score (nSPS) is 53.8. The monoisotopic (exact) mass is 356 g/mol. The van der Waals surface area contributed by atoms with E-state index < -0.39 is 12.3 Å². The molecule has 1 saturated heterocycles. The second kappa shape index (κ2) is 7.42. The van der Waals surface area contributed by atoms with Crippen LogP contribution in [0.4, 0.5) is 8.78 Å². The SMILES string of the molecule is COC1CCC2C3CCC(C4CCC(C)CC4)C(F)C3COC2C1F. The Morgan fingerprint density at radius 3 is 2.16 bits per heavy atom. The van der Waals surface area contributed by atoms with Gasteiger partial charge in [-0.25, -0.2) is 8.78 Å². The topological polar surface area (TPSA) is 18.5 Å². The standard InChI is InChI=1S/C21H34F2O2/c1-12-3-5-13(6-4-12)14-7-8-15-16-9-10-18(24-2)20(23)21(16)25-11-17(15)19(14)22/h12-21H,3-11H2,1-2H3. The van der Waals surface area contributed by atoms with Crippen molar-refractivity contribution in [1.29, 1.82) is 0 Å². The molecule has 0 N–H and O–H groups in total. The van der Waals surface area contributed by atoms with Crippen molar-refractivity contribution < 1.29 is 18.3 Å². The highest BCUT2D eigenvalue weighted by atomic mass is 19.1. The maximum absolute atomic E-state index is 15.5. The Hall–Kier alpha value is -0.220. The first-order valence-electron chi connectivity index (χ1n) is 10.5. The van der Waals surface area contributed by atoms with Crippen LogP contribution in [0.25, 0.3) is 0 Å². The van der Waals surface area contributed by atoms with E-state index in [2.05, 4.69) is 6.92 Å². The zero-order valence-corrected chi connectivity index (χ0v) is 15.7. The van der Waals surface area contributed by atoms with Crippen LogP contribution in [0.5, 0.6) is 0 Å². The summed E-state index contributed by atoms with van der Waals surface area (Å²) in [4.78, 5) is 0. The number of ether oxygens (including phenoxy) is 2. The number of fused-ring (bicyclic) bond motifs is 3. The van der Waals surface area contributed by atoms with Gasteiger partial charge in [-0.2, -0.15) is 0 Å². The molecule has 0 spiro atoms. The van der Waals surface area contributed by atoms with Gasteiger partial charge in [0.2, 0.25) is 0 Å². The van der Waals surface area contributed by atoms with E-state index >= 15 is 4.39 Å². The van der Waals surface area contributed by atoms with Crippen LogP contribution in [-0.2, 0) is 9.47 Å². The van der Waals surface area contributed by atoms with Crippen LogP contribution in [0.1, 0.15) is 58.3 Å². The predicted octanol–water partition coefficient (Wildman–Crippen LogP) is 4.96. The molecule has 4 heteroatoms. The van der Waals surface area contributed by atoms with Gasteiger partial charge in [0, 0.05) is 13.0 Å². The van der Waals surface area contributed by atoms with Crippen molar-refractivity contribution in [3.05, 3.63) is 0 Å². The van der Waals surface area contributed by atoms with Gasteiger partial charge in [-0.05, 0) is 68.1 Å². The maximum atomic E-state index is 15.5. The average molecular weight is 356 g/mol. The van der Waals surface area contributed by atoms with Gasteiger partial charge in [0.1, 0.15) is 6.17 Å². The Balaban J connectivity index is 1.43. The number of alkyl halides is 2. The molecular formula is C21H34F2O2. The molecule has 0 aromatic rings. The zero-order chi connectivity index (χ0) is 17.6. The van der Waals surface area contributed by atoms with Crippen molar-refractivity contribution in [1.82, 2.24) is 0 Å². The van der Waals surface area contributed by atoms with Crippen LogP contribution in [0.15, 0.2) is 0 Å². The third-order valence-electron chi connectivity index (χ3n) is 8.08. The smallest absolute Gasteiger partial charge is 0.152 e. The van der Waals surface area contributed by atoms with E-state index in [9.17, 15) is 4.39 Å². The Kier molecular flexibility index (Phi) is 5.39. The van der Waals surface area contributed by atoms with Crippen LogP contribution in [0.3, 0.4) is 0 Å². The molecule has 2 nitrogen and oxygen atoms in total. The Bertz CT molecular complexity index is 451. The highest BCUT2D eigenvalue weighted by Crippen LogP contribution is 2.52. The molecule has 4 fully saturated rings. The molecule has 0 radical (unpaired) electrons. The second-order valence-corrected chi connectivity index (χ2v) is 9.29. The summed E-state index contributed by atoms with van der Waals surface area (Å²) >= 11 is 0. The Morgan fingerprint density at radius 1 is 0.760 bits per heavy atom. The minimum atomic E-state index is -1.06. The van der Waals surface area contributed by atoms with Crippen molar-refractivity contribution in [3.63, 3.8) is 0 Å². The van der Waals surface area contributed by atoms with Gasteiger partial charge >= 0.3 is 0 Å². The first-order valence-corrected chi connectivity index (χ1v) is 10.5. The van der Waals surface area contributed by atoms with Gasteiger partial charge in [0.25, 0.3) is 0 Å². The van der Waals surface area contributed by atoms with Gasteiger partial charge in [-0.3, -0.25) is 0 Å². The summed E-state index contributed by atoms with van der Waals surface area (Å²) in [5.74, 6) is 2.07. The van der Waals surface area contributed by atoms with E-state index in [4.69, 9.17) is 9.47 Å². The quantitative estimate of drug-likeness (QED) is 0.696. The summed E-state index contributed by atoms with van der Waals surface area (Å²) < 4.78 is 41.4. The van der Waals surface area contributed by atoms with E-state index in [0.717, 1.165) is 31.6 Å². The van der Waals surface area contributed by atoms with E-state index in [0.29, 0.717) is 18.4 Å². The fourth-order valence-electron chi connectivity index (χ4n) is 6.54. The van der Waals surface area contributed by atoms with Gasteiger partial charge in [-0.1, -0.05) is 19.8 Å². The van der Waals surface area contributed by atoms with E-state index in [1.807, 2.05) is 0 Å². The molecule has 0 aromatic heterocycles. The third kappa shape index (κ3) is 3.26. The minimum Gasteiger partial charge on any atom is -0.378 e. The Morgan fingerprint density at radius 2 is 1.44 bits per heavy atom. The number of hydrogen-bond acceptors (Lipinski definition) is 2. The lowest BCUT2D eigenvalue weighted by Crippen LogP contribution is -2.57. The lowest BCUT2D eigenvalue weighted by Gasteiger charge is -2.53. The number of hydrogen-bond donors (Lipinski definition) is 0. The van der Waals surface area contributed by atoms with Crippen LogP contribution in [-0.4, -0.2) is 38.3 Å². The molecule has 0 bridgehead atoms. The van der Waals surface area contributed by atoms with Crippen molar-refractivity contribution in [2.45, 2.75) is 82.8 Å². The summed E-state index contributed by atoms with van der Waals surface area (Å²) in [5.41, 5.74) is 0. The van der Waals surface area contributed by atoms with Crippen LogP contribution in [0, 0.1) is 35.5 Å². The van der Waals surface area contributed by atoms with E-state index in [1.165, 1.54) is 25.7 Å². The lowest BCUT2D eigenvalue weighted by atomic mass is 9.59. The molecule has 25 heavy (non-hydrogen) atoms. The summed E-state index contributed by atoms with van der Waals surface area (Å²) in [6, 6.07) is 0. The first-order chi connectivity index (χ1) is 12.1. The summed E-state index contributed by atoms with van der Waals surface area (Å²) in [5, 5.41) is 0. The van der Waals surface area contributed by atoms with Crippen LogP contribution < -0.4 is 0 Å². The van der Waals surface area contributed by atoms with Gasteiger partial charge in [-0.15, -0.1) is 0 Å². The van der Waals surface area contributed by atoms with Gasteiger partial charge in [0.15, 0.2) is 6.17 Å². The van der Waals surface area contributed by atoms with Crippen molar-refractivity contribution >= 4 is 0 Å². The highest BCUT2D eigenvalue weighted by Gasteiger charge is 2.54. The van der Waals surface area contributed by atoms with E-state index in [-0.39, 0.29) is 30.0 Å². The highest BCUT2D eigenvalue weighted by molar-refractivity contribution is 5.02.